The van der Waals surface area contributed by atoms with E-state index in [4.69, 9.17) is 4.74 Å². The van der Waals surface area contributed by atoms with Gasteiger partial charge in [0.05, 0.1) is 12.0 Å². The maximum Gasteiger partial charge on any atom is 0.374 e. The monoisotopic (exact) mass is 263 g/mol. The first kappa shape index (κ1) is 12.8. The normalized spacial score (nSPS) is 10.3. The number of methoxy groups -OCH3 is 1. The molecule has 0 amide bonds. The molecule has 0 saturated carbocycles. The van der Waals surface area contributed by atoms with Crippen LogP contribution < -0.4 is 10.2 Å². The lowest BCUT2D eigenvalue weighted by Gasteiger charge is -2.12. The van der Waals surface area contributed by atoms with E-state index in [0.29, 0.717) is 0 Å². The van der Waals surface area contributed by atoms with E-state index in [1.54, 1.807) is 4.68 Å². The van der Waals surface area contributed by atoms with E-state index < -0.39 is 4.92 Å². The molecular weight excluding hydrogens is 250 g/mol. The molecule has 0 radical (unpaired) electrons. The highest BCUT2D eigenvalue weighted by Crippen LogP contribution is 2.30. The van der Waals surface area contributed by atoms with Crippen molar-refractivity contribution < 1.29 is 9.66 Å². The quantitative estimate of drug-likeness (QED) is 0.666. The summed E-state index contributed by atoms with van der Waals surface area (Å²) in [5, 5.41) is 11.1. The third kappa shape index (κ3) is 2.32. The second-order valence-electron chi connectivity index (χ2n) is 3.90. The van der Waals surface area contributed by atoms with Crippen LogP contribution in [0.3, 0.4) is 0 Å². The molecule has 19 heavy (non-hydrogen) atoms. The minimum Gasteiger partial charge on any atom is -0.476 e. The van der Waals surface area contributed by atoms with E-state index in [1.807, 2.05) is 26.0 Å². The molecule has 0 aromatic carbocycles. The van der Waals surface area contributed by atoms with Crippen molar-refractivity contribution in [2.45, 2.75) is 13.8 Å². The first-order valence-electron chi connectivity index (χ1n) is 5.50. The Morgan fingerprint density at radius 2 is 1.95 bits per heavy atom. The Hall–Kier alpha value is -2.64. The predicted octanol–water partition coefficient (Wildman–Crippen LogP) is 1.69. The van der Waals surface area contributed by atoms with Crippen LogP contribution in [0, 0.1) is 24.0 Å². The van der Waals surface area contributed by atoms with Crippen LogP contribution >= 0.6 is 0 Å². The molecule has 0 aliphatic rings. The third-order valence-corrected chi connectivity index (χ3v) is 2.65. The molecule has 0 unspecified atom stereocenters. The number of rotatable bonds is 4. The molecule has 0 spiro atoms. The summed E-state index contributed by atoms with van der Waals surface area (Å²) in [5.74, 6) is 0.00390. The Morgan fingerprint density at radius 1 is 1.32 bits per heavy atom. The first-order valence-corrected chi connectivity index (χ1v) is 5.50. The van der Waals surface area contributed by atoms with Crippen LogP contribution in [0.2, 0.25) is 0 Å². The maximum atomic E-state index is 11.1. The van der Waals surface area contributed by atoms with Crippen molar-refractivity contribution in [2.75, 3.05) is 12.5 Å². The standard InChI is InChI=1S/C11H13N5O3/c1-7-4-5-8(2)15(7)14-10-9(16(17)18)11(19-3)13-6-12-10/h4-6H,1-3H3,(H,12,13,14). The van der Waals surface area contributed by atoms with Crippen molar-refractivity contribution in [3.63, 3.8) is 0 Å². The lowest BCUT2D eigenvalue weighted by molar-refractivity contribution is -0.385. The van der Waals surface area contributed by atoms with Crippen LogP contribution in [-0.2, 0) is 0 Å². The van der Waals surface area contributed by atoms with Gasteiger partial charge in [0, 0.05) is 11.4 Å². The fourth-order valence-corrected chi connectivity index (χ4v) is 1.71. The van der Waals surface area contributed by atoms with Crippen LogP contribution in [0.15, 0.2) is 18.5 Å². The molecule has 2 heterocycles. The zero-order valence-corrected chi connectivity index (χ0v) is 10.7. The number of nitrogens with zero attached hydrogens (tertiary/aromatic N) is 4. The highest BCUT2D eigenvalue weighted by atomic mass is 16.6. The molecule has 8 heteroatoms. The molecule has 0 bridgehead atoms. The molecule has 2 aromatic heterocycles. The summed E-state index contributed by atoms with van der Waals surface area (Å²) < 4.78 is 6.59. The lowest BCUT2D eigenvalue weighted by atomic mass is 10.4. The number of aryl methyl sites for hydroxylation is 2. The van der Waals surface area contributed by atoms with E-state index in [-0.39, 0.29) is 17.4 Å². The van der Waals surface area contributed by atoms with Gasteiger partial charge in [-0.2, -0.15) is 4.98 Å². The lowest BCUT2D eigenvalue weighted by Crippen LogP contribution is -2.15. The second-order valence-corrected chi connectivity index (χ2v) is 3.90. The highest BCUT2D eigenvalue weighted by Gasteiger charge is 2.24. The largest absolute Gasteiger partial charge is 0.476 e. The van der Waals surface area contributed by atoms with Crippen molar-refractivity contribution in [1.82, 2.24) is 14.6 Å². The van der Waals surface area contributed by atoms with Gasteiger partial charge in [-0.3, -0.25) is 20.2 Å². The van der Waals surface area contributed by atoms with Gasteiger partial charge in [-0.25, -0.2) is 4.98 Å². The van der Waals surface area contributed by atoms with Gasteiger partial charge in [0.2, 0.25) is 5.82 Å². The van der Waals surface area contributed by atoms with Crippen LogP contribution in [0.4, 0.5) is 11.5 Å². The number of nitrogens with one attached hydrogen (secondary N) is 1. The summed E-state index contributed by atoms with van der Waals surface area (Å²) in [7, 11) is 1.32. The molecule has 8 nitrogen and oxygen atoms in total. The molecule has 0 aliphatic heterocycles. The Labute approximate surface area is 109 Å². The summed E-state index contributed by atoms with van der Waals surface area (Å²) in [6.07, 6.45) is 1.21. The van der Waals surface area contributed by atoms with E-state index in [2.05, 4.69) is 15.4 Å². The van der Waals surface area contributed by atoms with E-state index in [1.165, 1.54) is 13.4 Å². The number of aromatic nitrogens is 3. The SMILES string of the molecule is COc1ncnc(Nn2c(C)ccc2C)c1[N+](=O)[O-]. The zero-order chi connectivity index (χ0) is 14.0. The van der Waals surface area contributed by atoms with Crippen LogP contribution in [0.1, 0.15) is 11.4 Å². The Morgan fingerprint density at radius 3 is 2.47 bits per heavy atom. The van der Waals surface area contributed by atoms with Gasteiger partial charge < -0.3 is 4.74 Å². The van der Waals surface area contributed by atoms with Gasteiger partial charge in [-0.1, -0.05) is 0 Å². The minimum absolute atomic E-state index is 0.0787. The minimum atomic E-state index is -0.574. The molecule has 0 fully saturated rings. The Balaban J connectivity index is 2.49. The average molecular weight is 263 g/mol. The molecule has 0 aliphatic carbocycles. The van der Waals surface area contributed by atoms with Crippen LogP contribution in [0.5, 0.6) is 5.88 Å². The third-order valence-electron chi connectivity index (χ3n) is 2.65. The smallest absolute Gasteiger partial charge is 0.374 e. The second kappa shape index (κ2) is 4.92. The molecule has 100 valence electrons. The summed E-state index contributed by atoms with van der Waals surface area (Å²) in [5.41, 5.74) is 4.41. The van der Waals surface area contributed by atoms with Gasteiger partial charge >= 0.3 is 5.69 Å². The number of ether oxygens (including phenoxy) is 1. The number of nitro groups is 1. The number of hydrogen-bond acceptors (Lipinski definition) is 6. The molecule has 0 atom stereocenters. The fraction of sp³-hybridized carbons (Fsp3) is 0.273. The molecule has 1 N–H and O–H groups in total. The van der Waals surface area contributed by atoms with Gasteiger partial charge in [-0.15, -0.1) is 0 Å². The molecule has 0 saturated heterocycles. The summed E-state index contributed by atoms with van der Waals surface area (Å²) >= 11 is 0. The maximum absolute atomic E-state index is 11.1. The molecular formula is C11H13N5O3. The van der Waals surface area contributed by atoms with Crippen LogP contribution in [-0.4, -0.2) is 26.7 Å². The Bertz CT molecular complexity index is 603. The van der Waals surface area contributed by atoms with E-state index in [0.717, 1.165) is 11.4 Å². The fourth-order valence-electron chi connectivity index (χ4n) is 1.71. The van der Waals surface area contributed by atoms with Crippen molar-refractivity contribution in [1.29, 1.82) is 0 Å². The van der Waals surface area contributed by atoms with Gasteiger partial charge in [0.25, 0.3) is 5.88 Å². The van der Waals surface area contributed by atoms with Crippen molar-refractivity contribution in [3.05, 3.63) is 40.0 Å². The van der Waals surface area contributed by atoms with Gasteiger partial charge in [0.1, 0.15) is 6.33 Å². The summed E-state index contributed by atoms with van der Waals surface area (Å²) in [6, 6.07) is 3.79. The highest BCUT2D eigenvalue weighted by molar-refractivity contribution is 5.61. The molecule has 2 rings (SSSR count). The average Bonchev–Trinajstić information content (AvgIpc) is 2.70. The topological polar surface area (TPSA) is 95.1 Å². The van der Waals surface area contributed by atoms with Crippen molar-refractivity contribution >= 4 is 11.5 Å². The summed E-state index contributed by atoms with van der Waals surface area (Å²) in [4.78, 5) is 18.2. The molecule has 2 aromatic rings. The first-order chi connectivity index (χ1) is 9.04. The van der Waals surface area contributed by atoms with Crippen LogP contribution in [0.25, 0.3) is 0 Å². The van der Waals surface area contributed by atoms with E-state index in [9.17, 15) is 10.1 Å². The summed E-state index contributed by atoms with van der Waals surface area (Å²) in [6.45, 7) is 3.76. The van der Waals surface area contributed by atoms with Gasteiger partial charge in [-0.05, 0) is 26.0 Å². The number of hydrogen-bond donors (Lipinski definition) is 1. The van der Waals surface area contributed by atoms with Gasteiger partial charge in [0.15, 0.2) is 0 Å². The zero-order valence-electron chi connectivity index (χ0n) is 10.7. The van der Waals surface area contributed by atoms with E-state index >= 15 is 0 Å². The number of anilines is 1. The van der Waals surface area contributed by atoms with Crippen molar-refractivity contribution in [2.24, 2.45) is 0 Å². The Kier molecular flexibility index (Phi) is 3.32. The van der Waals surface area contributed by atoms with Crippen molar-refractivity contribution in [3.8, 4) is 5.88 Å². The predicted molar refractivity (Wildman–Crippen MR) is 68.2 cm³/mol.